The molecule has 1 aromatic heterocycles. The predicted molar refractivity (Wildman–Crippen MR) is 135 cm³/mol. The first-order chi connectivity index (χ1) is 16.0. The monoisotopic (exact) mass is 478 g/mol. The number of nitrogens with one attached hydrogen (secondary N) is 3. The Morgan fingerprint density at radius 3 is 2.55 bits per heavy atom. The zero-order valence-corrected chi connectivity index (χ0v) is 19.6. The van der Waals surface area contributed by atoms with E-state index in [9.17, 15) is 4.79 Å². The molecule has 1 aliphatic rings. The van der Waals surface area contributed by atoms with Gasteiger partial charge in [0, 0.05) is 29.7 Å². The van der Waals surface area contributed by atoms with Crippen LogP contribution in [0.5, 0.6) is 0 Å². The van der Waals surface area contributed by atoms with E-state index in [0.29, 0.717) is 27.2 Å². The molecule has 0 aliphatic carbocycles. The average Bonchev–Trinajstić information content (AvgIpc) is 2.74. The molecule has 9 heteroatoms. The Morgan fingerprint density at radius 1 is 1.12 bits per heavy atom. The zero-order valence-electron chi connectivity index (χ0n) is 18.0. The number of hydrogen-bond donors (Lipinski definition) is 3. The zero-order chi connectivity index (χ0) is 23.2. The molecule has 1 fully saturated rings. The second-order valence-electron chi connectivity index (χ2n) is 7.33. The average molecular weight is 479 g/mol. The Hall–Kier alpha value is -3.36. The maximum atomic E-state index is 12.5. The van der Waals surface area contributed by atoms with Gasteiger partial charge in [-0.15, -0.1) is 0 Å². The van der Waals surface area contributed by atoms with Crippen LogP contribution in [-0.2, 0) is 0 Å². The van der Waals surface area contributed by atoms with Crippen molar-refractivity contribution in [2.45, 2.75) is 23.4 Å². The number of allylic oxidation sites excluding steroid dienone is 1. The molecular formula is C24H23ClN6OS. The fourth-order valence-corrected chi connectivity index (χ4v) is 4.12. The molecule has 1 aliphatic heterocycles. The SMILES string of the molecule is C/C=C/C(=N)Nc1cc(N2CCC2)nc(Sc2ccc(NC(=O)c3ccccc3Cl)cc2)n1. The van der Waals surface area contributed by atoms with Crippen molar-refractivity contribution in [2.75, 3.05) is 28.6 Å². The van der Waals surface area contributed by atoms with Crippen LogP contribution in [0.15, 0.2) is 76.8 Å². The van der Waals surface area contributed by atoms with Gasteiger partial charge in [-0.25, -0.2) is 9.97 Å². The number of amides is 1. The van der Waals surface area contributed by atoms with Crippen LogP contribution in [0.2, 0.25) is 5.02 Å². The van der Waals surface area contributed by atoms with Crippen molar-refractivity contribution in [3.05, 3.63) is 77.3 Å². The Labute approximate surface area is 201 Å². The third kappa shape index (κ3) is 5.91. The van der Waals surface area contributed by atoms with Gasteiger partial charge in [-0.05, 0) is 67.6 Å². The van der Waals surface area contributed by atoms with Gasteiger partial charge >= 0.3 is 0 Å². The molecule has 7 nitrogen and oxygen atoms in total. The predicted octanol–water partition coefficient (Wildman–Crippen LogP) is 5.71. The van der Waals surface area contributed by atoms with Crippen molar-refractivity contribution in [2.24, 2.45) is 0 Å². The number of anilines is 3. The number of benzene rings is 2. The van der Waals surface area contributed by atoms with E-state index in [2.05, 4.69) is 25.5 Å². The summed E-state index contributed by atoms with van der Waals surface area (Å²) in [6.07, 6.45) is 4.62. The van der Waals surface area contributed by atoms with Gasteiger partial charge < -0.3 is 15.5 Å². The highest BCUT2D eigenvalue weighted by molar-refractivity contribution is 7.99. The van der Waals surface area contributed by atoms with E-state index < -0.39 is 0 Å². The lowest BCUT2D eigenvalue weighted by Crippen LogP contribution is -2.37. The third-order valence-electron chi connectivity index (χ3n) is 4.91. The second-order valence-corrected chi connectivity index (χ2v) is 8.78. The molecule has 0 atom stereocenters. The number of aromatic nitrogens is 2. The molecule has 3 aromatic rings. The summed E-state index contributed by atoms with van der Waals surface area (Å²) in [6, 6.07) is 16.3. The van der Waals surface area contributed by atoms with Crippen LogP contribution in [0.4, 0.5) is 17.3 Å². The Kier molecular flexibility index (Phi) is 7.26. The summed E-state index contributed by atoms with van der Waals surface area (Å²) in [6.45, 7) is 3.79. The largest absolute Gasteiger partial charge is 0.356 e. The number of halogens is 1. The first-order valence-corrected chi connectivity index (χ1v) is 11.7. The van der Waals surface area contributed by atoms with Gasteiger partial charge in [0.15, 0.2) is 5.16 Å². The molecule has 2 aromatic carbocycles. The second kappa shape index (κ2) is 10.5. The minimum Gasteiger partial charge on any atom is -0.356 e. The van der Waals surface area contributed by atoms with Crippen molar-refractivity contribution < 1.29 is 4.79 Å². The highest BCUT2D eigenvalue weighted by atomic mass is 35.5. The molecule has 0 spiro atoms. The van der Waals surface area contributed by atoms with Crippen LogP contribution in [-0.4, -0.2) is 34.8 Å². The van der Waals surface area contributed by atoms with Crippen LogP contribution in [0.3, 0.4) is 0 Å². The van der Waals surface area contributed by atoms with Gasteiger partial charge in [0.05, 0.1) is 10.6 Å². The van der Waals surface area contributed by atoms with Crippen LogP contribution in [0.1, 0.15) is 23.7 Å². The normalized spacial score (nSPS) is 13.0. The fourth-order valence-electron chi connectivity index (χ4n) is 3.13. The first-order valence-electron chi connectivity index (χ1n) is 10.5. The summed E-state index contributed by atoms with van der Waals surface area (Å²) in [4.78, 5) is 24.8. The fraction of sp³-hybridized carbons (Fsp3) is 0.167. The Morgan fingerprint density at radius 2 is 1.88 bits per heavy atom. The number of carbonyl (C=O) groups is 1. The number of amidine groups is 1. The van der Waals surface area contributed by atoms with Gasteiger partial charge in [0.2, 0.25) is 0 Å². The van der Waals surface area contributed by atoms with E-state index in [1.165, 1.54) is 11.8 Å². The lowest BCUT2D eigenvalue weighted by atomic mass is 10.2. The Bertz CT molecular complexity index is 1190. The van der Waals surface area contributed by atoms with Gasteiger partial charge in [-0.2, -0.15) is 0 Å². The van der Waals surface area contributed by atoms with Crippen molar-refractivity contribution in [3.8, 4) is 0 Å². The third-order valence-corrected chi connectivity index (χ3v) is 6.11. The number of carbonyl (C=O) groups excluding carboxylic acids is 1. The van der Waals surface area contributed by atoms with Crippen LogP contribution in [0, 0.1) is 5.41 Å². The summed E-state index contributed by atoms with van der Waals surface area (Å²) in [7, 11) is 0. The highest BCUT2D eigenvalue weighted by Gasteiger charge is 2.18. The topological polar surface area (TPSA) is 94.0 Å². The molecule has 4 rings (SSSR count). The molecule has 1 saturated heterocycles. The molecule has 168 valence electrons. The Balaban J connectivity index is 1.48. The highest BCUT2D eigenvalue weighted by Crippen LogP contribution is 2.30. The standard InChI is InChI=1S/C24H23ClN6OS/c1-2-6-20(26)28-21-15-22(31-13-5-14-31)30-24(29-21)33-17-11-9-16(10-12-17)27-23(32)18-7-3-4-8-19(18)25/h2-4,6-12,15H,5,13-14H2,1H3,(H,27,32)(H2,26,28,29,30)/b6-2+. The van der Waals surface area contributed by atoms with E-state index in [0.717, 1.165) is 30.2 Å². The van der Waals surface area contributed by atoms with E-state index in [1.807, 2.05) is 37.3 Å². The molecule has 0 radical (unpaired) electrons. The minimum absolute atomic E-state index is 0.258. The lowest BCUT2D eigenvalue weighted by molar-refractivity contribution is 0.102. The molecule has 3 N–H and O–H groups in total. The number of hydrogen-bond acceptors (Lipinski definition) is 6. The molecule has 1 amide bonds. The molecule has 2 heterocycles. The van der Waals surface area contributed by atoms with Crippen LogP contribution in [0.25, 0.3) is 0 Å². The van der Waals surface area contributed by atoms with Gasteiger partial charge in [0.1, 0.15) is 17.5 Å². The van der Waals surface area contributed by atoms with Gasteiger partial charge in [-0.1, -0.05) is 29.8 Å². The van der Waals surface area contributed by atoms with Gasteiger partial charge in [0.25, 0.3) is 5.91 Å². The van der Waals surface area contributed by atoms with Crippen molar-refractivity contribution in [3.63, 3.8) is 0 Å². The van der Waals surface area contributed by atoms with Crippen LogP contribution < -0.4 is 15.5 Å². The molecule has 0 unspecified atom stereocenters. The smallest absolute Gasteiger partial charge is 0.257 e. The maximum absolute atomic E-state index is 12.5. The van der Waals surface area contributed by atoms with E-state index in [1.54, 1.807) is 36.4 Å². The van der Waals surface area contributed by atoms with Crippen molar-refractivity contribution >= 4 is 52.4 Å². The number of nitrogens with zero attached hydrogens (tertiary/aromatic N) is 3. The summed E-state index contributed by atoms with van der Waals surface area (Å²) in [5.41, 5.74) is 1.10. The van der Waals surface area contributed by atoms with Gasteiger partial charge in [-0.3, -0.25) is 10.2 Å². The summed E-state index contributed by atoms with van der Waals surface area (Å²) in [5, 5.41) is 14.9. The first kappa shape index (κ1) is 22.8. The molecule has 33 heavy (non-hydrogen) atoms. The summed E-state index contributed by atoms with van der Waals surface area (Å²) < 4.78 is 0. The molecule has 0 saturated carbocycles. The molecular weight excluding hydrogens is 456 g/mol. The van der Waals surface area contributed by atoms with Crippen LogP contribution >= 0.6 is 23.4 Å². The van der Waals surface area contributed by atoms with E-state index in [-0.39, 0.29) is 11.7 Å². The molecule has 0 bridgehead atoms. The minimum atomic E-state index is -0.258. The summed E-state index contributed by atoms with van der Waals surface area (Å²) >= 11 is 7.53. The maximum Gasteiger partial charge on any atom is 0.257 e. The quantitative estimate of drug-likeness (QED) is 0.229. The lowest BCUT2D eigenvalue weighted by Gasteiger charge is -2.32. The van der Waals surface area contributed by atoms with E-state index >= 15 is 0 Å². The van der Waals surface area contributed by atoms with Crippen molar-refractivity contribution in [1.29, 1.82) is 5.41 Å². The van der Waals surface area contributed by atoms with E-state index in [4.69, 9.17) is 17.0 Å². The number of rotatable bonds is 7. The summed E-state index contributed by atoms with van der Waals surface area (Å²) in [5.74, 6) is 1.44. The van der Waals surface area contributed by atoms with Crippen molar-refractivity contribution in [1.82, 2.24) is 9.97 Å².